The van der Waals surface area contributed by atoms with Gasteiger partial charge in [0, 0.05) is 6.04 Å². The first kappa shape index (κ1) is 15.7. The van der Waals surface area contributed by atoms with Gasteiger partial charge in [0.2, 0.25) is 10.0 Å². The maximum Gasteiger partial charge on any atom is 0.304 e. The van der Waals surface area contributed by atoms with E-state index in [2.05, 4.69) is 4.72 Å². The highest BCUT2D eigenvalue weighted by Gasteiger charge is 2.19. The Morgan fingerprint density at radius 3 is 2.16 bits per heavy atom. The zero-order valence-corrected chi connectivity index (χ0v) is 12.1. The largest absolute Gasteiger partial charge is 0.481 e. The highest BCUT2D eigenvalue weighted by atomic mass is 32.2. The van der Waals surface area contributed by atoms with Gasteiger partial charge in [0.15, 0.2) is 0 Å². The zero-order chi connectivity index (χ0) is 14.6. The van der Waals surface area contributed by atoms with Crippen LogP contribution in [0.5, 0.6) is 0 Å². The maximum absolute atomic E-state index is 12.0. The van der Waals surface area contributed by atoms with Gasteiger partial charge in [-0.15, -0.1) is 0 Å². The molecule has 0 amide bonds. The van der Waals surface area contributed by atoms with E-state index in [1.165, 1.54) is 19.1 Å². The minimum Gasteiger partial charge on any atom is -0.481 e. The molecule has 0 radical (unpaired) electrons. The van der Waals surface area contributed by atoms with Crippen molar-refractivity contribution in [3.63, 3.8) is 0 Å². The Morgan fingerprint density at radius 1 is 1.21 bits per heavy atom. The van der Waals surface area contributed by atoms with Crippen LogP contribution in [-0.2, 0) is 14.8 Å². The summed E-state index contributed by atoms with van der Waals surface area (Å²) >= 11 is 0. The van der Waals surface area contributed by atoms with Crippen LogP contribution in [0.3, 0.4) is 0 Å². The first-order valence-electron chi connectivity index (χ1n) is 6.06. The Kier molecular flexibility index (Phi) is 5.08. The molecule has 0 aliphatic heterocycles. The fourth-order valence-corrected chi connectivity index (χ4v) is 2.91. The van der Waals surface area contributed by atoms with E-state index in [4.69, 9.17) is 5.11 Å². The van der Waals surface area contributed by atoms with Crippen LogP contribution in [-0.4, -0.2) is 25.5 Å². The molecule has 0 aliphatic rings. The van der Waals surface area contributed by atoms with E-state index in [9.17, 15) is 13.2 Å². The number of carboxylic acids is 1. The number of rotatable bonds is 6. The summed E-state index contributed by atoms with van der Waals surface area (Å²) < 4.78 is 26.3. The van der Waals surface area contributed by atoms with Crippen LogP contribution in [0.4, 0.5) is 0 Å². The summed E-state index contributed by atoms with van der Waals surface area (Å²) in [7, 11) is -3.66. The lowest BCUT2D eigenvalue weighted by Gasteiger charge is -2.13. The summed E-state index contributed by atoms with van der Waals surface area (Å²) in [6.45, 7) is 5.57. The van der Waals surface area contributed by atoms with Crippen molar-refractivity contribution in [3.8, 4) is 0 Å². The molecule has 0 spiro atoms. The third-order valence-electron chi connectivity index (χ3n) is 2.69. The number of aliphatic carboxylic acids is 1. The standard InChI is InChI=1S/C13H19NO4S/c1-9(2)11-4-6-12(7-5-11)19(17,18)14-10(3)8-13(15)16/h4-7,9-10,14H,8H2,1-3H3,(H,15,16). The lowest BCUT2D eigenvalue weighted by atomic mass is 10.0. The quantitative estimate of drug-likeness (QED) is 0.836. The minimum absolute atomic E-state index is 0.147. The molecule has 0 saturated heterocycles. The summed E-state index contributed by atoms with van der Waals surface area (Å²) in [4.78, 5) is 10.7. The Labute approximate surface area is 113 Å². The fraction of sp³-hybridized carbons (Fsp3) is 0.462. The van der Waals surface area contributed by atoms with Gasteiger partial charge >= 0.3 is 5.97 Å². The fourth-order valence-electron chi connectivity index (χ4n) is 1.67. The Morgan fingerprint density at radius 2 is 1.74 bits per heavy atom. The number of carboxylic acid groups (broad SMARTS) is 1. The molecule has 0 heterocycles. The van der Waals surface area contributed by atoms with Crippen molar-refractivity contribution in [1.82, 2.24) is 4.72 Å². The molecule has 2 N–H and O–H groups in total. The molecule has 19 heavy (non-hydrogen) atoms. The highest BCUT2D eigenvalue weighted by molar-refractivity contribution is 7.89. The molecule has 0 aliphatic carbocycles. The summed E-state index contributed by atoms with van der Waals surface area (Å²) in [5, 5.41) is 8.61. The lowest BCUT2D eigenvalue weighted by molar-refractivity contribution is -0.137. The number of hydrogen-bond donors (Lipinski definition) is 2. The van der Waals surface area contributed by atoms with Gasteiger partial charge in [0.25, 0.3) is 0 Å². The van der Waals surface area contributed by atoms with E-state index in [0.29, 0.717) is 5.92 Å². The van der Waals surface area contributed by atoms with Gasteiger partial charge in [-0.3, -0.25) is 4.79 Å². The zero-order valence-electron chi connectivity index (χ0n) is 11.3. The van der Waals surface area contributed by atoms with E-state index in [0.717, 1.165) is 5.56 Å². The molecule has 0 fully saturated rings. The van der Waals surface area contributed by atoms with Gasteiger partial charge in [-0.2, -0.15) is 0 Å². The van der Waals surface area contributed by atoms with Crippen LogP contribution in [0.1, 0.15) is 38.7 Å². The second-order valence-corrected chi connectivity index (χ2v) is 6.56. The Balaban J connectivity index is 2.85. The summed E-state index contributed by atoms with van der Waals surface area (Å²) in [5.41, 5.74) is 1.05. The van der Waals surface area contributed by atoms with E-state index in [-0.39, 0.29) is 11.3 Å². The van der Waals surface area contributed by atoms with Crippen molar-refractivity contribution in [1.29, 1.82) is 0 Å². The van der Waals surface area contributed by atoms with Crippen molar-refractivity contribution >= 4 is 16.0 Å². The SMILES string of the molecule is CC(CC(=O)O)NS(=O)(=O)c1ccc(C(C)C)cc1. The molecule has 0 aromatic heterocycles. The monoisotopic (exact) mass is 285 g/mol. The third kappa shape index (κ3) is 4.65. The van der Waals surface area contributed by atoms with Gasteiger partial charge < -0.3 is 5.11 Å². The molecular formula is C13H19NO4S. The van der Waals surface area contributed by atoms with Gasteiger partial charge in [0.05, 0.1) is 11.3 Å². The second kappa shape index (κ2) is 6.16. The summed E-state index contributed by atoms with van der Waals surface area (Å²) in [6.07, 6.45) is -0.247. The first-order chi connectivity index (χ1) is 8.72. The molecule has 1 rings (SSSR count). The predicted molar refractivity (Wildman–Crippen MR) is 72.6 cm³/mol. The molecule has 1 aromatic rings. The lowest BCUT2D eigenvalue weighted by Crippen LogP contribution is -2.34. The molecule has 1 unspecified atom stereocenters. The van der Waals surface area contributed by atoms with E-state index < -0.39 is 22.0 Å². The van der Waals surface area contributed by atoms with Gasteiger partial charge in [0.1, 0.15) is 0 Å². The van der Waals surface area contributed by atoms with Crippen molar-refractivity contribution < 1.29 is 18.3 Å². The molecule has 1 aromatic carbocycles. The number of benzene rings is 1. The number of nitrogens with one attached hydrogen (secondary N) is 1. The normalized spacial score (nSPS) is 13.5. The van der Waals surface area contributed by atoms with Crippen LogP contribution < -0.4 is 4.72 Å². The van der Waals surface area contributed by atoms with Crippen LogP contribution in [0.2, 0.25) is 0 Å². The molecule has 0 bridgehead atoms. The molecule has 106 valence electrons. The number of carbonyl (C=O) groups is 1. The van der Waals surface area contributed by atoms with Crippen LogP contribution in [0.15, 0.2) is 29.2 Å². The van der Waals surface area contributed by atoms with Crippen molar-refractivity contribution in [3.05, 3.63) is 29.8 Å². The molecular weight excluding hydrogens is 266 g/mol. The molecule has 6 heteroatoms. The van der Waals surface area contributed by atoms with E-state index in [1.54, 1.807) is 12.1 Å². The second-order valence-electron chi connectivity index (χ2n) is 4.84. The van der Waals surface area contributed by atoms with Crippen LogP contribution >= 0.6 is 0 Å². The average Bonchev–Trinajstić information content (AvgIpc) is 2.27. The average molecular weight is 285 g/mol. The van der Waals surface area contributed by atoms with Crippen molar-refractivity contribution in [2.75, 3.05) is 0 Å². The van der Waals surface area contributed by atoms with Gasteiger partial charge in [-0.25, -0.2) is 13.1 Å². The van der Waals surface area contributed by atoms with E-state index >= 15 is 0 Å². The van der Waals surface area contributed by atoms with Gasteiger partial charge in [-0.05, 0) is 30.5 Å². The minimum atomic E-state index is -3.66. The van der Waals surface area contributed by atoms with Crippen LogP contribution in [0.25, 0.3) is 0 Å². The van der Waals surface area contributed by atoms with Gasteiger partial charge in [-0.1, -0.05) is 26.0 Å². The Bertz CT molecular complexity index is 534. The molecule has 5 nitrogen and oxygen atoms in total. The van der Waals surface area contributed by atoms with Crippen molar-refractivity contribution in [2.45, 2.75) is 44.0 Å². The first-order valence-corrected chi connectivity index (χ1v) is 7.55. The number of sulfonamides is 1. The highest BCUT2D eigenvalue weighted by Crippen LogP contribution is 2.17. The number of hydrogen-bond acceptors (Lipinski definition) is 3. The van der Waals surface area contributed by atoms with Crippen LogP contribution in [0, 0.1) is 0 Å². The predicted octanol–water partition coefficient (Wildman–Crippen LogP) is 1.95. The van der Waals surface area contributed by atoms with Crippen molar-refractivity contribution in [2.24, 2.45) is 0 Å². The smallest absolute Gasteiger partial charge is 0.304 e. The molecule has 0 saturated carbocycles. The third-order valence-corrected chi connectivity index (χ3v) is 4.30. The topological polar surface area (TPSA) is 83.5 Å². The summed E-state index contributed by atoms with van der Waals surface area (Å²) in [6, 6.07) is 5.95. The maximum atomic E-state index is 12.0. The van der Waals surface area contributed by atoms with E-state index in [1.807, 2.05) is 13.8 Å². The Hall–Kier alpha value is -1.40. The summed E-state index contributed by atoms with van der Waals surface area (Å²) in [5.74, 6) is -0.707. The molecule has 1 atom stereocenters.